The number of aliphatic carboxylic acids is 1. The van der Waals surface area contributed by atoms with E-state index >= 15 is 0 Å². The molecular formula is C16H20ClNO3. The number of hydrogen-bond acceptors (Lipinski definition) is 2. The van der Waals surface area contributed by atoms with Crippen molar-refractivity contribution in [2.24, 2.45) is 5.92 Å². The van der Waals surface area contributed by atoms with Gasteiger partial charge >= 0.3 is 5.97 Å². The Hall–Kier alpha value is -1.55. The van der Waals surface area contributed by atoms with Crippen LogP contribution in [0.2, 0.25) is 5.02 Å². The van der Waals surface area contributed by atoms with Gasteiger partial charge in [-0.3, -0.25) is 4.79 Å². The minimum Gasteiger partial charge on any atom is -0.480 e. The number of rotatable bonds is 6. The Kier molecular flexibility index (Phi) is 5.62. The van der Waals surface area contributed by atoms with Gasteiger partial charge < -0.3 is 10.4 Å². The van der Waals surface area contributed by atoms with Crippen LogP contribution in [0.25, 0.3) is 0 Å². The fourth-order valence-corrected chi connectivity index (χ4v) is 3.04. The zero-order valence-electron chi connectivity index (χ0n) is 11.8. The first kappa shape index (κ1) is 15.8. The molecule has 1 aromatic rings. The Bertz CT molecular complexity index is 512. The highest BCUT2D eigenvalue weighted by Crippen LogP contribution is 2.27. The van der Waals surface area contributed by atoms with Crippen molar-refractivity contribution in [2.75, 3.05) is 0 Å². The molecule has 2 N–H and O–H groups in total. The van der Waals surface area contributed by atoms with Crippen molar-refractivity contribution in [3.05, 3.63) is 34.9 Å². The van der Waals surface area contributed by atoms with E-state index in [2.05, 4.69) is 5.32 Å². The highest BCUT2D eigenvalue weighted by atomic mass is 35.5. The first-order valence-electron chi connectivity index (χ1n) is 7.31. The largest absolute Gasteiger partial charge is 0.480 e. The first-order chi connectivity index (χ1) is 10.0. The van der Waals surface area contributed by atoms with Crippen molar-refractivity contribution in [1.82, 2.24) is 5.32 Å². The molecule has 4 nitrogen and oxygen atoms in total. The van der Waals surface area contributed by atoms with E-state index < -0.39 is 12.0 Å². The third kappa shape index (κ3) is 5.05. The van der Waals surface area contributed by atoms with E-state index in [-0.39, 0.29) is 12.3 Å². The lowest BCUT2D eigenvalue weighted by Gasteiger charge is -2.16. The number of halogens is 1. The van der Waals surface area contributed by atoms with Gasteiger partial charge in [-0.2, -0.15) is 0 Å². The number of hydrogen-bond donors (Lipinski definition) is 2. The molecule has 0 saturated heterocycles. The van der Waals surface area contributed by atoms with Gasteiger partial charge in [0.15, 0.2) is 0 Å². The zero-order chi connectivity index (χ0) is 15.2. The minimum atomic E-state index is -1.02. The normalized spacial score (nSPS) is 16.6. The summed E-state index contributed by atoms with van der Waals surface area (Å²) in [6.45, 7) is 0. The Morgan fingerprint density at radius 1 is 1.33 bits per heavy atom. The monoisotopic (exact) mass is 309 g/mol. The lowest BCUT2D eigenvalue weighted by Crippen LogP contribution is -2.42. The van der Waals surface area contributed by atoms with Crippen LogP contribution in [0.4, 0.5) is 0 Å². The first-order valence-corrected chi connectivity index (χ1v) is 7.69. The summed E-state index contributed by atoms with van der Waals surface area (Å²) in [5, 5.41) is 12.5. The number of benzene rings is 1. The molecule has 0 bridgehead atoms. The van der Waals surface area contributed by atoms with Gasteiger partial charge in [-0.1, -0.05) is 36.6 Å². The SMILES string of the molecule is O=C(CC1CCCC1)N[C@H](Cc1cccc(Cl)c1)C(=O)O. The van der Waals surface area contributed by atoms with Crippen molar-refractivity contribution in [2.45, 2.75) is 44.6 Å². The van der Waals surface area contributed by atoms with Crippen molar-refractivity contribution < 1.29 is 14.7 Å². The number of carbonyl (C=O) groups excluding carboxylic acids is 1. The number of nitrogens with one attached hydrogen (secondary N) is 1. The Morgan fingerprint density at radius 3 is 2.67 bits per heavy atom. The summed E-state index contributed by atoms with van der Waals surface area (Å²) in [5.74, 6) is -0.781. The maximum absolute atomic E-state index is 12.0. The molecule has 1 aliphatic rings. The predicted octanol–water partition coefficient (Wildman–Crippen LogP) is 3.03. The molecule has 114 valence electrons. The molecule has 1 saturated carbocycles. The molecule has 1 aliphatic carbocycles. The second-order valence-electron chi connectivity index (χ2n) is 5.65. The summed E-state index contributed by atoms with van der Waals surface area (Å²) in [6.07, 6.45) is 5.15. The van der Waals surface area contributed by atoms with Crippen molar-refractivity contribution in [3.8, 4) is 0 Å². The van der Waals surface area contributed by atoms with Gasteiger partial charge in [-0.05, 0) is 36.5 Å². The molecule has 1 fully saturated rings. The summed E-state index contributed by atoms with van der Waals surface area (Å²) >= 11 is 5.89. The summed E-state index contributed by atoms with van der Waals surface area (Å²) in [5.41, 5.74) is 0.802. The number of carbonyl (C=O) groups is 2. The van der Waals surface area contributed by atoms with Crippen molar-refractivity contribution in [3.63, 3.8) is 0 Å². The second-order valence-corrected chi connectivity index (χ2v) is 6.08. The van der Waals surface area contributed by atoms with Crippen molar-refractivity contribution >= 4 is 23.5 Å². The molecule has 0 aromatic heterocycles. The van der Waals surface area contributed by atoms with Gasteiger partial charge in [-0.15, -0.1) is 0 Å². The average molecular weight is 310 g/mol. The molecule has 21 heavy (non-hydrogen) atoms. The smallest absolute Gasteiger partial charge is 0.326 e. The molecule has 0 heterocycles. The van der Waals surface area contributed by atoms with Crippen LogP contribution in [0.3, 0.4) is 0 Å². The van der Waals surface area contributed by atoms with Gasteiger partial charge in [0.1, 0.15) is 6.04 Å². The molecule has 0 aliphatic heterocycles. The van der Waals surface area contributed by atoms with Crippen molar-refractivity contribution in [1.29, 1.82) is 0 Å². The van der Waals surface area contributed by atoms with Crippen LogP contribution in [-0.4, -0.2) is 23.0 Å². The summed E-state index contributed by atoms with van der Waals surface area (Å²) < 4.78 is 0. The van der Waals surface area contributed by atoms with Crippen LogP contribution < -0.4 is 5.32 Å². The number of carboxylic acids is 1. The molecule has 0 unspecified atom stereocenters. The summed E-state index contributed by atoms with van der Waals surface area (Å²) in [6, 6.07) is 6.14. The second kappa shape index (κ2) is 7.46. The van der Waals surface area contributed by atoms with Crippen LogP contribution >= 0.6 is 11.6 Å². The van der Waals surface area contributed by atoms with E-state index in [0.29, 0.717) is 17.4 Å². The maximum atomic E-state index is 12.0. The van der Waals surface area contributed by atoms with Crippen LogP contribution in [0.1, 0.15) is 37.7 Å². The van der Waals surface area contributed by atoms with Gasteiger partial charge in [0.2, 0.25) is 5.91 Å². The van der Waals surface area contributed by atoms with E-state index in [9.17, 15) is 14.7 Å². The van der Waals surface area contributed by atoms with Gasteiger partial charge in [0, 0.05) is 17.9 Å². The molecule has 0 spiro atoms. The van der Waals surface area contributed by atoms with Crippen LogP contribution in [0, 0.1) is 5.92 Å². The van der Waals surface area contributed by atoms with E-state index in [1.807, 2.05) is 6.07 Å². The molecule has 1 amide bonds. The predicted molar refractivity (Wildman–Crippen MR) is 81.3 cm³/mol. The molecule has 1 aromatic carbocycles. The van der Waals surface area contributed by atoms with Crippen LogP contribution in [0.15, 0.2) is 24.3 Å². The van der Waals surface area contributed by atoms with Gasteiger partial charge in [0.05, 0.1) is 0 Å². The highest BCUT2D eigenvalue weighted by Gasteiger charge is 2.23. The molecule has 0 radical (unpaired) electrons. The quantitative estimate of drug-likeness (QED) is 0.849. The summed E-state index contributed by atoms with van der Waals surface area (Å²) in [4.78, 5) is 23.3. The number of carboxylic acid groups (broad SMARTS) is 1. The van der Waals surface area contributed by atoms with Crippen LogP contribution in [-0.2, 0) is 16.0 Å². The fourth-order valence-electron chi connectivity index (χ4n) is 2.83. The highest BCUT2D eigenvalue weighted by molar-refractivity contribution is 6.30. The van der Waals surface area contributed by atoms with E-state index in [1.165, 1.54) is 12.8 Å². The number of amides is 1. The standard InChI is InChI=1S/C16H20ClNO3/c17-13-7-3-6-12(8-13)9-14(16(20)21)18-15(19)10-11-4-1-2-5-11/h3,6-8,11,14H,1-2,4-5,9-10H2,(H,18,19)(H,20,21)/t14-/m1/s1. The zero-order valence-corrected chi connectivity index (χ0v) is 12.6. The lowest BCUT2D eigenvalue weighted by molar-refractivity contribution is -0.141. The molecule has 5 heteroatoms. The Morgan fingerprint density at radius 2 is 2.05 bits per heavy atom. The Labute approximate surface area is 129 Å². The molecule has 1 atom stereocenters. The van der Waals surface area contributed by atoms with E-state index in [1.54, 1.807) is 18.2 Å². The molecular weight excluding hydrogens is 290 g/mol. The topological polar surface area (TPSA) is 66.4 Å². The van der Waals surface area contributed by atoms with Gasteiger partial charge in [0.25, 0.3) is 0 Å². The maximum Gasteiger partial charge on any atom is 0.326 e. The minimum absolute atomic E-state index is 0.170. The van der Waals surface area contributed by atoms with Crippen LogP contribution in [0.5, 0.6) is 0 Å². The Balaban J connectivity index is 1.92. The summed E-state index contributed by atoms with van der Waals surface area (Å²) in [7, 11) is 0. The fraction of sp³-hybridized carbons (Fsp3) is 0.500. The average Bonchev–Trinajstić information content (AvgIpc) is 2.90. The third-order valence-corrected chi connectivity index (χ3v) is 4.15. The van der Waals surface area contributed by atoms with E-state index in [4.69, 9.17) is 11.6 Å². The third-order valence-electron chi connectivity index (χ3n) is 3.91. The van der Waals surface area contributed by atoms with Gasteiger partial charge in [-0.25, -0.2) is 4.79 Å². The lowest BCUT2D eigenvalue weighted by atomic mass is 10.0. The molecule has 2 rings (SSSR count). The van der Waals surface area contributed by atoms with E-state index in [0.717, 1.165) is 18.4 Å².